The van der Waals surface area contributed by atoms with Crippen molar-refractivity contribution in [2.45, 2.75) is 13.3 Å². The van der Waals surface area contributed by atoms with Crippen LogP contribution in [-0.4, -0.2) is 21.8 Å². The highest BCUT2D eigenvalue weighted by atomic mass is 32.1. The molecule has 2 aromatic heterocycles. The number of aromatic nitrogens is 2. The van der Waals surface area contributed by atoms with Crippen molar-refractivity contribution >= 4 is 22.2 Å². The van der Waals surface area contributed by atoms with Gasteiger partial charge in [-0.25, -0.2) is 4.98 Å². The quantitative estimate of drug-likeness (QED) is 0.817. The summed E-state index contributed by atoms with van der Waals surface area (Å²) >= 11 is 1.55. The number of hydrogen-bond donors (Lipinski definition) is 1. The van der Waals surface area contributed by atoms with Crippen LogP contribution < -0.4 is 5.32 Å². The van der Waals surface area contributed by atoms with Crippen molar-refractivity contribution in [3.05, 3.63) is 35.6 Å². The van der Waals surface area contributed by atoms with Gasteiger partial charge in [0.25, 0.3) is 0 Å². The van der Waals surface area contributed by atoms with E-state index in [9.17, 15) is 4.79 Å². The molecule has 0 unspecified atom stereocenters. The van der Waals surface area contributed by atoms with E-state index in [0.29, 0.717) is 13.0 Å². The van der Waals surface area contributed by atoms with Crippen LogP contribution >= 0.6 is 11.3 Å². The van der Waals surface area contributed by atoms with Crippen LogP contribution in [0.3, 0.4) is 0 Å². The second kappa shape index (κ2) is 4.49. The smallest absolute Gasteiger partial charge is 0.226 e. The number of imidazole rings is 1. The molecule has 2 aromatic rings. The van der Waals surface area contributed by atoms with Crippen LogP contribution in [0.5, 0.6) is 0 Å². The summed E-state index contributed by atoms with van der Waals surface area (Å²) in [4.78, 5) is 16.8. The maximum absolute atomic E-state index is 11.5. The molecule has 0 fully saturated rings. The molecule has 16 heavy (non-hydrogen) atoms. The van der Waals surface area contributed by atoms with Gasteiger partial charge >= 0.3 is 0 Å². The number of nitrogens with zero attached hydrogens (tertiary/aromatic N) is 2. The first-order valence-corrected chi connectivity index (χ1v) is 5.88. The maximum Gasteiger partial charge on any atom is 0.226 e. The molecule has 0 radical (unpaired) electrons. The van der Waals surface area contributed by atoms with Crippen molar-refractivity contribution in [2.75, 3.05) is 6.54 Å². The molecule has 0 bridgehead atoms. The van der Waals surface area contributed by atoms with Crippen LogP contribution in [0.25, 0.3) is 4.96 Å². The van der Waals surface area contributed by atoms with Gasteiger partial charge in [0.05, 0.1) is 12.1 Å². The first kappa shape index (κ1) is 10.9. The van der Waals surface area contributed by atoms with E-state index in [1.165, 1.54) is 0 Å². The standard InChI is InChI=1S/C11H13N3OS/c1-3-4-12-10(15)5-9-7-16-11-13-8(2)6-14(9)11/h3,6-7H,1,4-5H2,2H3,(H,12,15). The number of thiazole rings is 1. The topological polar surface area (TPSA) is 46.4 Å². The molecule has 4 nitrogen and oxygen atoms in total. The Labute approximate surface area is 97.6 Å². The summed E-state index contributed by atoms with van der Waals surface area (Å²) in [5, 5.41) is 4.72. The van der Waals surface area contributed by atoms with Crippen LogP contribution in [-0.2, 0) is 11.2 Å². The third-order valence-electron chi connectivity index (χ3n) is 2.19. The minimum absolute atomic E-state index is 0.00551. The minimum atomic E-state index is 0.00551. The number of carbonyl (C=O) groups excluding carboxylic acids is 1. The van der Waals surface area contributed by atoms with Crippen LogP contribution in [0.1, 0.15) is 11.4 Å². The second-order valence-electron chi connectivity index (χ2n) is 3.53. The van der Waals surface area contributed by atoms with E-state index >= 15 is 0 Å². The molecule has 0 aliphatic carbocycles. The molecule has 84 valence electrons. The highest BCUT2D eigenvalue weighted by Gasteiger charge is 2.09. The van der Waals surface area contributed by atoms with Crippen molar-refractivity contribution in [3.8, 4) is 0 Å². The van der Waals surface area contributed by atoms with Crippen molar-refractivity contribution < 1.29 is 4.79 Å². The predicted octanol–water partition coefficient (Wildman–Crippen LogP) is 1.55. The summed E-state index contributed by atoms with van der Waals surface area (Å²) < 4.78 is 1.97. The van der Waals surface area contributed by atoms with E-state index in [1.807, 2.05) is 22.9 Å². The van der Waals surface area contributed by atoms with Crippen molar-refractivity contribution in [3.63, 3.8) is 0 Å². The van der Waals surface area contributed by atoms with Crippen molar-refractivity contribution in [1.29, 1.82) is 0 Å². The summed E-state index contributed by atoms with van der Waals surface area (Å²) in [7, 11) is 0. The van der Waals surface area contributed by atoms with Crippen molar-refractivity contribution in [2.24, 2.45) is 0 Å². The van der Waals surface area contributed by atoms with Crippen LogP contribution in [0.4, 0.5) is 0 Å². The number of fused-ring (bicyclic) bond motifs is 1. The first-order chi connectivity index (χ1) is 7.70. The molecular formula is C11H13N3OS. The molecule has 0 atom stereocenters. The lowest BCUT2D eigenvalue weighted by atomic mass is 10.3. The number of amides is 1. The Hall–Kier alpha value is -1.62. The minimum Gasteiger partial charge on any atom is -0.352 e. The Kier molecular flexibility index (Phi) is 3.05. The highest BCUT2D eigenvalue weighted by Crippen LogP contribution is 2.16. The molecule has 0 aromatic carbocycles. The lowest BCUT2D eigenvalue weighted by molar-refractivity contribution is -0.120. The van der Waals surface area contributed by atoms with E-state index in [1.54, 1.807) is 17.4 Å². The molecule has 1 N–H and O–H groups in total. The van der Waals surface area contributed by atoms with Crippen LogP contribution in [0.15, 0.2) is 24.2 Å². The number of aryl methyl sites for hydroxylation is 1. The maximum atomic E-state index is 11.5. The Morgan fingerprint density at radius 3 is 3.31 bits per heavy atom. The molecule has 2 rings (SSSR count). The first-order valence-electron chi connectivity index (χ1n) is 5.00. The monoisotopic (exact) mass is 235 g/mol. The Bertz CT molecular complexity index is 526. The molecule has 0 saturated carbocycles. The van der Waals surface area contributed by atoms with Gasteiger partial charge in [-0.2, -0.15) is 0 Å². The molecule has 0 saturated heterocycles. The summed E-state index contributed by atoms with van der Waals surface area (Å²) in [6.07, 6.45) is 3.99. The van der Waals surface area contributed by atoms with E-state index in [0.717, 1.165) is 16.3 Å². The van der Waals surface area contributed by atoms with Crippen LogP contribution in [0.2, 0.25) is 0 Å². The summed E-state index contributed by atoms with van der Waals surface area (Å²) in [5.74, 6) is 0.00551. The van der Waals surface area contributed by atoms with Crippen molar-refractivity contribution in [1.82, 2.24) is 14.7 Å². The fourth-order valence-electron chi connectivity index (χ4n) is 1.48. The largest absolute Gasteiger partial charge is 0.352 e. The molecule has 2 heterocycles. The van der Waals surface area contributed by atoms with Gasteiger partial charge in [0, 0.05) is 23.8 Å². The zero-order valence-corrected chi connectivity index (χ0v) is 9.88. The Morgan fingerprint density at radius 2 is 2.56 bits per heavy atom. The summed E-state index contributed by atoms with van der Waals surface area (Å²) in [6, 6.07) is 0. The Balaban J connectivity index is 2.14. The molecule has 0 aliphatic rings. The number of rotatable bonds is 4. The Morgan fingerprint density at radius 1 is 1.75 bits per heavy atom. The SMILES string of the molecule is C=CCNC(=O)Cc1csc2nc(C)cn12. The van der Waals surface area contributed by atoms with E-state index < -0.39 is 0 Å². The van der Waals surface area contributed by atoms with Gasteiger partial charge in [-0.1, -0.05) is 6.08 Å². The van der Waals surface area contributed by atoms with Gasteiger partial charge in [-0.15, -0.1) is 17.9 Å². The fourth-order valence-corrected chi connectivity index (χ4v) is 2.40. The third kappa shape index (κ3) is 2.14. The molecule has 0 spiro atoms. The van der Waals surface area contributed by atoms with Gasteiger partial charge in [0.15, 0.2) is 4.96 Å². The second-order valence-corrected chi connectivity index (χ2v) is 4.37. The average molecular weight is 235 g/mol. The van der Waals surface area contributed by atoms with E-state index in [4.69, 9.17) is 0 Å². The zero-order valence-electron chi connectivity index (χ0n) is 9.06. The predicted molar refractivity (Wildman–Crippen MR) is 64.7 cm³/mol. The average Bonchev–Trinajstić information content (AvgIpc) is 2.76. The number of nitrogens with one attached hydrogen (secondary N) is 1. The highest BCUT2D eigenvalue weighted by molar-refractivity contribution is 7.15. The normalized spacial score (nSPS) is 10.6. The van der Waals surface area contributed by atoms with Gasteiger partial charge in [0.1, 0.15) is 0 Å². The summed E-state index contributed by atoms with van der Waals surface area (Å²) in [6.45, 7) is 6.01. The lowest BCUT2D eigenvalue weighted by Crippen LogP contribution is -2.25. The van der Waals surface area contributed by atoms with Gasteiger partial charge < -0.3 is 5.32 Å². The van der Waals surface area contributed by atoms with Crippen LogP contribution in [0, 0.1) is 6.92 Å². The van der Waals surface area contributed by atoms with Gasteiger partial charge in [0.2, 0.25) is 5.91 Å². The summed E-state index contributed by atoms with van der Waals surface area (Å²) in [5.41, 5.74) is 1.95. The van der Waals surface area contributed by atoms with E-state index in [2.05, 4.69) is 16.9 Å². The molecule has 5 heteroatoms. The lowest BCUT2D eigenvalue weighted by Gasteiger charge is -2.00. The molecule has 0 aliphatic heterocycles. The zero-order chi connectivity index (χ0) is 11.5. The van der Waals surface area contributed by atoms with Gasteiger partial charge in [-0.3, -0.25) is 9.20 Å². The molecule has 1 amide bonds. The molecular weight excluding hydrogens is 222 g/mol. The van der Waals surface area contributed by atoms with E-state index in [-0.39, 0.29) is 5.91 Å². The fraction of sp³-hybridized carbons (Fsp3) is 0.273. The van der Waals surface area contributed by atoms with Gasteiger partial charge in [-0.05, 0) is 6.92 Å². The number of carbonyl (C=O) groups is 1. The third-order valence-corrected chi connectivity index (χ3v) is 3.08. The number of hydrogen-bond acceptors (Lipinski definition) is 3.